The molecule has 0 aliphatic carbocycles. The number of pyridine rings is 1. The van der Waals surface area contributed by atoms with Crippen molar-refractivity contribution >= 4 is 5.91 Å². The summed E-state index contributed by atoms with van der Waals surface area (Å²) in [5.41, 5.74) is -0.759. The van der Waals surface area contributed by atoms with Gasteiger partial charge in [-0.05, 0) is 43.5 Å². The van der Waals surface area contributed by atoms with Crippen molar-refractivity contribution in [3.8, 4) is 0 Å². The number of nitrogens with one attached hydrogen (secondary N) is 1. The fraction of sp³-hybridized carbons (Fsp3) is 0.571. The van der Waals surface area contributed by atoms with E-state index in [1.807, 2.05) is 0 Å². The minimum atomic E-state index is -4.43. The average Bonchev–Trinajstić information content (AvgIpc) is 2.93. The first-order chi connectivity index (χ1) is 9.95. The Labute approximate surface area is 120 Å². The van der Waals surface area contributed by atoms with Crippen molar-refractivity contribution in [3.05, 3.63) is 29.6 Å². The van der Waals surface area contributed by atoms with Crippen molar-refractivity contribution in [2.45, 2.75) is 12.6 Å². The molecule has 7 heteroatoms. The summed E-state index contributed by atoms with van der Waals surface area (Å²) in [7, 11) is 0. The Balaban J connectivity index is 1.70. The molecule has 1 N–H and O–H groups in total. The molecule has 0 bridgehead atoms. The third-order valence-corrected chi connectivity index (χ3v) is 4.30. The van der Waals surface area contributed by atoms with Crippen molar-refractivity contribution in [1.82, 2.24) is 15.2 Å². The van der Waals surface area contributed by atoms with Crippen molar-refractivity contribution in [3.63, 3.8) is 0 Å². The van der Waals surface area contributed by atoms with Crippen LogP contribution in [0.25, 0.3) is 0 Å². The predicted octanol–water partition coefficient (Wildman–Crippen LogP) is 1.78. The molecule has 4 nitrogen and oxygen atoms in total. The molecule has 3 rings (SSSR count). The fourth-order valence-corrected chi connectivity index (χ4v) is 3.07. The Morgan fingerprint density at radius 3 is 2.71 bits per heavy atom. The van der Waals surface area contributed by atoms with E-state index >= 15 is 0 Å². The molecule has 2 atom stereocenters. The highest BCUT2D eigenvalue weighted by Gasteiger charge is 2.35. The second-order valence-electron chi connectivity index (χ2n) is 5.65. The number of piperidine rings is 1. The maximum absolute atomic E-state index is 12.5. The lowest BCUT2D eigenvalue weighted by Crippen LogP contribution is -2.43. The van der Waals surface area contributed by atoms with Gasteiger partial charge in [0.15, 0.2) is 0 Å². The Morgan fingerprint density at radius 2 is 2.05 bits per heavy atom. The Bertz CT molecular complexity index is 529. The number of nitrogens with zero attached hydrogens (tertiary/aromatic N) is 2. The Morgan fingerprint density at radius 1 is 1.29 bits per heavy atom. The highest BCUT2D eigenvalue weighted by Crippen LogP contribution is 2.29. The number of fused-ring (bicyclic) bond motifs is 1. The van der Waals surface area contributed by atoms with Crippen LogP contribution >= 0.6 is 0 Å². The number of rotatable bonds is 1. The average molecular weight is 299 g/mol. The number of carbonyl (C=O) groups excluding carboxylic acids is 1. The van der Waals surface area contributed by atoms with Crippen LogP contribution in [0.2, 0.25) is 0 Å². The van der Waals surface area contributed by atoms with Gasteiger partial charge in [0.05, 0.1) is 5.56 Å². The van der Waals surface area contributed by atoms with Crippen LogP contribution in [0, 0.1) is 11.8 Å². The van der Waals surface area contributed by atoms with E-state index in [0.29, 0.717) is 24.9 Å². The van der Waals surface area contributed by atoms with Crippen molar-refractivity contribution in [1.29, 1.82) is 0 Å². The van der Waals surface area contributed by atoms with Gasteiger partial charge in [0.25, 0.3) is 5.91 Å². The highest BCUT2D eigenvalue weighted by molar-refractivity contribution is 5.92. The lowest BCUT2D eigenvalue weighted by atomic mass is 9.88. The molecule has 2 aliphatic rings. The van der Waals surface area contributed by atoms with Crippen molar-refractivity contribution in [2.75, 3.05) is 26.2 Å². The van der Waals surface area contributed by atoms with Crippen LogP contribution < -0.4 is 5.32 Å². The zero-order chi connectivity index (χ0) is 15.0. The van der Waals surface area contributed by atoms with Gasteiger partial charge in [-0.3, -0.25) is 9.78 Å². The van der Waals surface area contributed by atoms with E-state index in [-0.39, 0.29) is 11.6 Å². The van der Waals surface area contributed by atoms with Crippen molar-refractivity contribution < 1.29 is 18.0 Å². The molecular weight excluding hydrogens is 283 g/mol. The van der Waals surface area contributed by atoms with Crippen molar-refractivity contribution in [2.24, 2.45) is 11.8 Å². The molecule has 1 amide bonds. The highest BCUT2D eigenvalue weighted by atomic mass is 19.4. The Kier molecular flexibility index (Phi) is 3.61. The molecular formula is C14H16F3N3O. The number of amides is 1. The van der Waals surface area contributed by atoms with Crippen LogP contribution in [0.3, 0.4) is 0 Å². The van der Waals surface area contributed by atoms with Gasteiger partial charge in [-0.1, -0.05) is 0 Å². The number of hydrogen-bond donors (Lipinski definition) is 1. The Hall–Kier alpha value is -1.63. The monoisotopic (exact) mass is 299 g/mol. The second kappa shape index (κ2) is 5.29. The normalized spacial score (nSPS) is 25.8. The summed E-state index contributed by atoms with van der Waals surface area (Å²) in [6.45, 7) is 3.18. The zero-order valence-electron chi connectivity index (χ0n) is 11.4. The first kappa shape index (κ1) is 14.3. The van der Waals surface area contributed by atoms with E-state index in [1.54, 1.807) is 4.90 Å². The third-order valence-electron chi connectivity index (χ3n) is 4.30. The first-order valence-electron chi connectivity index (χ1n) is 6.98. The summed E-state index contributed by atoms with van der Waals surface area (Å²) in [5, 5.41) is 3.31. The number of carbonyl (C=O) groups is 1. The molecule has 21 heavy (non-hydrogen) atoms. The SMILES string of the molecule is O=C(c1ccc(C(F)(F)F)cn1)N1CCC2CNCC2C1. The number of alkyl halides is 3. The standard InChI is InChI=1S/C14H16F3N3O/c15-14(16,17)11-1-2-12(19-7-11)13(21)20-4-3-9-5-18-6-10(9)8-20/h1-2,7,9-10,18H,3-6,8H2. The summed E-state index contributed by atoms with van der Waals surface area (Å²) in [4.78, 5) is 17.7. The van der Waals surface area contributed by atoms with E-state index in [1.165, 1.54) is 0 Å². The van der Waals surface area contributed by atoms with Gasteiger partial charge in [0.1, 0.15) is 5.69 Å². The molecule has 3 heterocycles. The van der Waals surface area contributed by atoms with Crippen LogP contribution in [-0.2, 0) is 6.18 Å². The predicted molar refractivity (Wildman–Crippen MR) is 69.6 cm³/mol. The molecule has 2 unspecified atom stereocenters. The fourth-order valence-electron chi connectivity index (χ4n) is 3.07. The van der Waals surface area contributed by atoms with E-state index in [9.17, 15) is 18.0 Å². The quantitative estimate of drug-likeness (QED) is 0.860. The van der Waals surface area contributed by atoms with E-state index in [4.69, 9.17) is 0 Å². The van der Waals surface area contributed by atoms with E-state index in [2.05, 4.69) is 10.3 Å². The molecule has 0 radical (unpaired) electrons. The molecule has 1 aromatic rings. The maximum Gasteiger partial charge on any atom is 0.417 e. The lowest BCUT2D eigenvalue weighted by Gasteiger charge is -2.34. The van der Waals surface area contributed by atoms with Gasteiger partial charge in [0, 0.05) is 19.3 Å². The smallest absolute Gasteiger partial charge is 0.337 e. The van der Waals surface area contributed by atoms with Gasteiger partial charge in [-0.25, -0.2) is 0 Å². The van der Waals surface area contributed by atoms with Gasteiger partial charge in [-0.15, -0.1) is 0 Å². The summed E-state index contributed by atoms with van der Waals surface area (Å²) in [6.07, 6.45) is -2.77. The van der Waals surface area contributed by atoms with Crippen LogP contribution in [0.4, 0.5) is 13.2 Å². The number of hydrogen-bond acceptors (Lipinski definition) is 3. The van der Waals surface area contributed by atoms with Gasteiger partial charge >= 0.3 is 6.18 Å². The molecule has 0 aromatic carbocycles. The number of likely N-dealkylation sites (tertiary alicyclic amines) is 1. The molecule has 1 aromatic heterocycles. The third kappa shape index (κ3) is 2.88. The van der Waals surface area contributed by atoms with E-state index < -0.39 is 11.7 Å². The minimum Gasteiger partial charge on any atom is -0.337 e. The van der Waals surface area contributed by atoms with Gasteiger partial charge < -0.3 is 10.2 Å². The number of aromatic nitrogens is 1. The van der Waals surface area contributed by atoms with Crippen LogP contribution in [0.5, 0.6) is 0 Å². The molecule has 114 valence electrons. The van der Waals surface area contributed by atoms with Gasteiger partial charge in [0.2, 0.25) is 0 Å². The molecule has 2 saturated heterocycles. The summed E-state index contributed by atoms with van der Waals surface area (Å²) in [5.74, 6) is 0.765. The second-order valence-corrected chi connectivity index (χ2v) is 5.65. The van der Waals surface area contributed by atoms with Crippen LogP contribution in [0.1, 0.15) is 22.5 Å². The first-order valence-corrected chi connectivity index (χ1v) is 6.98. The summed E-state index contributed by atoms with van der Waals surface area (Å²) in [6, 6.07) is 2.06. The summed E-state index contributed by atoms with van der Waals surface area (Å²) >= 11 is 0. The topological polar surface area (TPSA) is 45.2 Å². The lowest BCUT2D eigenvalue weighted by molar-refractivity contribution is -0.137. The molecule has 0 saturated carbocycles. The zero-order valence-corrected chi connectivity index (χ0v) is 11.4. The molecule has 0 spiro atoms. The van der Waals surface area contributed by atoms with E-state index in [0.717, 1.165) is 37.8 Å². The summed E-state index contributed by atoms with van der Waals surface area (Å²) < 4.78 is 37.4. The minimum absolute atomic E-state index is 0.0763. The molecule has 2 fully saturated rings. The molecule has 2 aliphatic heterocycles. The van der Waals surface area contributed by atoms with Gasteiger partial charge in [-0.2, -0.15) is 13.2 Å². The van der Waals surface area contributed by atoms with Crippen LogP contribution in [-0.4, -0.2) is 42.0 Å². The number of halogens is 3. The van der Waals surface area contributed by atoms with Crippen LogP contribution in [0.15, 0.2) is 18.3 Å². The largest absolute Gasteiger partial charge is 0.417 e. The maximum atomic E-state index is 12.5.